The average Bonchev–Trinajstić information content (AvgIpc) is 1.52. The zero-order chi connectivity index (χ0) is 64.1. The molecule has 14 aromatic rings. The van der Waals surface area contributed by atoms with Crippen LogP contribution in [0.25, 0.3) is 88.4 Å². The summed E-state index contributed by atoms with van der Waals surface area (Å²) >= 11 is 0. The van der Waals surface area contributed by atoms with Gasteiger partial charge in [0.1, 0.15) is 40.5 Å². The molecule has 2 aliphatic carbocycles. The van der Waals surface area contributed by atoms with E-state index in [1.54, 1.807) is 12.2 Å². The molecule has 0 saturated heterocycles. The molecule has 454 valence electrons. The number of hydrogen-bond acceptors (Lipinski definition) is 5. The summed E-state index contributed by atoms with van der Waals surface area (Å²) in [6.45, 7) is 8.32. The van der Waals surface area contributed by atoms with Crippen molar-refractivity contribution in [2.45, 2.75) is 38.5 Å². The Bertz CT molecular complexity index is 5620. The van der Waals surface area contributed by atoms with Crippen molar-refractivity contribution < 1.29 is 18.0 Å². The number of allylic oxidation sites excluding steroid dienone is 8. The zero-order valence-corrected chi connectivity index (χ0v) is 53.0. The number of rotatable bonds is 12. The number of terminal acetylenes is 1. The van der Waals surface area contributed by atoms with Crippen LogP contribution < -0.4 is 14.5 Å². The van der Waals surface area contributed by atoms with Crippen LogP contribution in [0, 0.1) is 12.3 Å². The van der Waals surface area contributed by atoms with E-state index < -0.39 is 12.1 Å². The Morgan fingerprint density at radius 3 is 1.75 bits per heavy atom. The van der Waals surface area contributed by atoms with E-state index in [1.807, 2.05) is 30.4 Å². The number of halogens is 1. The molecule has 0 atom stereocenters. The smallest absolute Gasteiger partial charge is 0.145 e. The fraction of sp³-hybridized carbons (Fsp3) is 0.0787. The molecule has 0 radical (unpaired) electrons. The molecule has 0 saturated carbocycles. The predicted molar refractivity (Wildman–Crippen MR) is 391 cm³/mol. The largest absolute Gasteiger partial charge is 0.457 e. The van der Waals surface area contributed by atoms with Gasteiger partial charge in [-0.3, -0.25) is 0 Å². The Morgan fingerprint density at radius 1 is 0.453 bits per heavy atom. The van der Waals surface area contributed by atoms with Gasteiger partial charge in [0.15, 0.2) is 0 Å². The number of furan rings is 2. The molecule has 2 aromatic heterocycles. The summed E-state index contributed by atoms with van der Waals surface area (Å²) in [4.78, 5) is 4.96. The van der Waals surface area contributed by atoms with Gasteiger partial charge in [-0.1, -0.05) is 220 Å². The van der Waals surface area contributed by atoms with E-state index in [4.69, 9.17) is 20.0 Å². The molecule has 0 N–H and O–H groups in total. The Hall–Kier alpha value is -11.9. The lowest BCUT2D eigenvalue weighted by molar-refractivity contribution is 0.436. The lowest BCUT2D eigenvalue weighted by Crippen LogP contribution is -2.32. The third-order valence-corrected chi connectivity index (χ3v) is 19.9. The summed E-state index contributed by atoms with van der Waals surface area (Å²) in [5.41, 5.74) is 25.1. The molecule has 3 aliphatic rings. The number of benzene rings is 12. The van der Waals surface area contributed by atoms with E-state index >= 15 is 0 Å². The van der Waals surface area contributed by atoms with Crippen molar-refractivity contribution >= 4 is 89.1 Å². The number of fused-ring (bicyclic) bond motifs is 18. The molecule has 5 nitrogen and oxygen atoms in total. The van der Waals surface area contributed by atoms with Gasteiger partial charge in [0.25, 0.3) is 0 Å². The third kappa shape index (κ3) is 8.69. The van der Waals surface area contributed by atoms with Crippen LogP contribution in [0.5, 0.6) is 11.5 Å². The van der Waals surface area contributed by atoms with Gasteiger partial charge < -0.3 is 23.4 Å². The molecule has 95 heavy (non-hydrogen) atoms. The minimum Gasteiger partial charge on any atom is -0.457 e. The summed E-state index contributed by atoms with van der Waals surface area (Å²) in [6, 6.07) is 92.1. The number of anilines is 6. The van der Waals surface area contributed by atoms with Crippen LogP contribution in [-0.2, 0) is 10.8 Å². The Morgan fingerprint density at radius 2 is 1.02 bits per heavy atom. The zero-order valence-electron chi connectivity index (χ0n) is 53.0. The topological polar surface area (TPSA) is 42.0 Å². The highest BCUT2D eigenvalue weighted by Crippen LogP contribution is 2.67. The molecule has 6 heteroatoms. The maximum absolute atomic E-state index is 13.7. The van der Waals surface area contributed by atoms with Gasteiger partial charge in [-0.25, -0.2) is 4.39 Å². The monoisotopic (exact) mass is 1230 g/mol. The highest BCUT2D eigenvalue weighted by molar-refractivity contribution is 6.18. The normalized spacial score (nSPS) is 14.1. The molecule has 17 rings (SSSR count). The molecule has 0 bridgehead atoms. The number of nitrogens with zero attached hydrogens (tertiary/aromatic N) is 2. The second kappa shape index (κ2) is 22.4. The lowest BCUT2D eigenvalue weighted by atomic mass is 9.66. The fourth-order valence-corrected chi connectivity index (χ4v) is 15.7. The Labute approximate surface area is 551 Å². The van der Waals surface area contributed by atoms with Gasteiger partial charge in [-0.15, -0.1) is 6.42 Å². The van der Waals surface area contributed by atoms with Crippen molar-refractivity contribution in [3.05, 3.63) is 336 Å². The van der Waals surface area contributed by atoms with E-state index in [9.17, 15) is 4.39 Å². The van der Waals surface area contributed by atoms with Gasteiger partial charge in [-0.05, 0) is 155 Å². The van der Waals surface area contributed by atoms with Crippen LogP contribution in [0.2, 0.25) is 0 Å². The van der Waals surface area contributed by atoms with E-state index in [-0.39, 0.29) is 5.41 Å². The summed E-state index contributed by atoms with van der Waals surface area (Å²) in [7, 11) is 0. The van der Waals surface area contributed by atoms with Crippen LogP contribution in [0.4, 0.5) is 38.5 Å². The van der Waals surface area contributed by atoms with E-state index in [0.717, 1.165) is 156 Å². The van der Waals surface area contributed by atoms with Crippen molar-refractivity contribution in [1.29, 1.82) is 0 Å². The minimum absolute atomic E-state index is 0.251. The van der Waals surface area contributed by atoms with Crippen molar-refractivity contribution in [3.8, 4) is 57.2 Å². The summed E-state index contributed by atoms with van der Waals surface area (Å²) in [6.07, 6.45) is 16.8. The first-order valence-electron chi connectivity index (χ1n) is 32.4. The minimum atomic E-state index is -0.911. The van der Waals surface area contributed by atoms with Gasteiger partial charge in [0.2, 0.25) is 0 Å². The maximum Gasteiger partial charge on any atom is 0.145 e. The molecule has 1 spiro atoms. The third-order valence-electron chi connectivity index (χ3n) is 19.9. The van der Waals surface area contributed by atoms with Gasteiger partial charge in [-0.2, -0.15) is 0 Å². The van der Waals surface area contributed by atoms with Crippen LogP contribution >= 0.6 is 0 Å². The van der Waals surface area contributed by atoms with Gasteiger partial charge in [0.05, 0.1) is 33.6 Å². The second-order valence-corrected chi connectivity index (χ2v) is 25.4. The highest BCUT2D eigenvalue weighted by atomic mass is 19.1. The van der Waals surface area contributed by atoms with Gasteiger partial charge >= 0.3 is 0 Å². The first-order valence-corrected chi connectivity index (χ1v) is 32.4. The molecule has 0 unspecified atom stereocenters. The Kier molecular flexibility index (Phi) is 13.5. The van der Waals surface area contributed by atoms with Crippen LogP contribution in [0.3, 0.4) is 0 Å². The quantitative estimate of drug-likeness (QED) is 0.0901. The predicted octanol–water partition coefficient (Wildman–Crippen LogP) is 24.4. The molecule has 3 heterocycles. The fourth-order valence-electron chi connectivity index (χ4n) is 15.7. The second-order valence-electron chi connectivity index (χ2n) is 25.4. The Balaban J connectivity index is 1.02. The standard InChI is InChI=1S/C89H63FN2O3/c1-6-7-9-28-57(3)67-54-60(55-68-65-34-14-20-44-79(65)94-86(67)68)91(59-30-10-8-11-31-59)76-42-26-39-72-84(76)85-73(89(72)70-37-17-22-46-81(70)93-82-47-23-18-38-71(82)89)40-27-43-77(85)92(78-51-50-61(56(2)29-24-25-52-90)87-83(78)66-35-15-21-45-80(66)95-87)75-41-19-13-32-62(75)58-48-49-64-63-33-12-16-36-69(63)88(4,5)74(64)53-58/h1,7-51,53-55H,52H2,2-5H3/b9-7-,25-24-,56-29+,57-28+. The highest BCUT2D eigenvalue weighted by Gasteiger charge is 2.53. The lowest BCUT2D eigenvalue weighted by Gasteiger charge is -2.39. The maximum atomic E-state index is 13.7. The first kappa shape index (κ1) is 57.0. The van der Waals surface area contributed by atoms with Crippen molar-refractivity contribution in [2.75, 3.05) is 16.5 Å². The van der Waals surface area contributed by atoms with Crippen LogP contribution in [0.1, 0.15) is 72.2 Å². The summed E-state index contributed by atoms with van der Waals surface area (Å²) in [5.74, 6) is 4.26. The number of hydrogen-bond donors (Lipinski definition) is 0. The average molecular weight is 1230 g/mol. The van der Waals surface area contributed by atoms with Crippen LogP contribution in [0.15, 0.2) is 300 Å². The molecule has 12 aromatic carbocycles. The van der Waals surface area contributed by atoms with E-state index in [2.05, 4.69) is 286 Å². The van der Waals surface area contributed by atoms with Crippen molar-refractivity contribution in [1.82, 2.24) is 0 Å². The van der Waals surface area contributed by atoms with Crippen molar-refractivity contribution in [2.24, 2.45) is 0 Å². The molecule has 0 fully saturated rings. The number of alkyl halides is 1. The molecule has 0 amide bonds. The number of para-hydroxylation sites is 6. The summed E-state index contributed by atoms with van der Waals surface area (Å²) < 4.78 is 34.8. The first-order chi connectivity index (χ1) is 46.7. The number of ether oxygens (including phenoxy) is 1. The molecule has 1 aliphatic heterocycles. The van der Waals surface area contributed by atoms with Crippen LogP contribution in [-0.4, -0.2) is 6.67 Å². The molecular weight excluding hydrogens is 1160 g/mol. The van der Waals surface area contributed by atoms with E-state index in [0.29, 0.717) is 0 Å². The van der Waals surface area contributed by atoms with E-state index in [1.165, 1.54) is 28.3 Å². The van der Waals surface area contributed by atoms with Crippen molar-refractivity contribution in [3.63, 3.8) is 0 Å². The summed E-state index contributed by atoms with van der Waals surface area (Å²) in [5, 5.41) is 3.92. The SMILES string of the molecule is C#C/C=C\C=C(/C)c1cc(N(c2ccccc2)c2cccc3c2-c2c(N(c4ccccc4-c4ccc5c(c4)C(C)(C)c4ccccc4-5)c4ccc(/C(C)=C/C=C\CF)c5oc6ccccc6c45)cccc2C32c3ccccc3Oc3ccccc32)cc2c1oc1ccccc12. The van der Waals surface area contributed by atoms with Gasteiger partial charge in [0, 0.05) is 71.9 Å². The molecular formula is C89H63FN2O3.